The summed E-state index contributed by atoms with van der Waals surface area (Å²) >= 11 is 3.25. The molecule has 5 aromatic rings. The SMILES string of the molecule is Cc1cc(CSc2ccccc2-c2occ(N3CCN(c4nc5ccccc5s4)CC3)c2C(=O)O)on1. The zero-order valence-corrected chi connectivity index (χ0v) is 21.7. The molecule has 1 aliphatic heterocycles. The number of carboxylic acids is 1. The summed E-state index contributed by atoms with van der Waals surface area (Å²) in [4.78, 5) is 22.5. The molecule has 1 N–H and O–H groups in total. The minimum atomic E-state index is -1.00. The second-order valence-corrected chi connectivity index (χ2v) is 10.8. The van der Waals surface area contributed by atoms with Crippen LogP contribution in [0.2, 0.25) is 0 Å². The second-order valence-electron chi connectivity index (χ2n) is 8.79. The molecular weight excluding hydrogens is 508 g/mol. The smallest absolute Gasteiger partial charge is 0.341 e. The number of para-hydroxylation sites is 1. The van der Waals surface area contributed by atoms with Gasteiger partial charge in [-0.1, -0.05) is 46.8 Å². The van der Waals surface area contributed by atoms with Crippen molar-refractivity contribution in [2.75, 3.05) is 36.0 Å². The van der Waals surface area contributed by atoms with Crippen LogP contribution >= 0.6 is 23.1 Å². The number of hydrogen-bond donors (Lipinski definition) is 1. The maximum Gasteiger partial charge on any atom is 0.341 e. The first-order valence-electron chi connectivity index (χ1n) is 11.9. The molecule has 0 amide bonds. The Hall–Kier alpha value is -3.76. The number of anilines is 2. The number of thiazole rings is 1. The van der Waals surface area contributed by atoms with Gasteiger partial charge in [0.05, 0.1) is 27.4 Å². The van der Waals surface area contributed by atoms with E-state index in [0.717, 1.165) is 45.7 Å². The summed E-state index contributed by atoms with van der Waals surface area (Å²) in [6, 6.07) is 17.7. The van der Waals surface area contributed by atoms with Crippen LogP contribution in [0.25, 0.3) is 21.5 Å². The van der Waals surface area contributed by atoms with Gasteiger partial charge in [0.25, 0.3) is 0 Å². The maximum absolute atomic E-state index is 12.5. The van der Waals surface area contributed by atoms with E-state index in [1.54, 1.807) is 29.4 Å². The zero-order valence-electron chi connectivity index (χ0n) is 20.1. The maximum atomic E-state index is 12.5. The van der Waals surface area contributed by atoms with E-state index in [1.165, 1.54) is 4.70 Å². The summed E-state index contributed by atoms with van der Waals surface area (Å²) in [6.07, 6.45) is 1.58. The molecule has 188 valence electrons. The van der Waals surface area contributed by atoms with Gasteiger partial charge in [-0.15, -0.1) is 11.8 Å². The van der Waals surface area contributed by atoms with Crippen LogP contribution in [-0.4, -0.2) is 47.4 Å². The highest BCUT2D eigenvalue weighted by Crippen LogP contribution is 2.40. The van der Waals surface area contributed by atoms with Crippen LogP contribution in [-0.2, 0) is 5.75 Å². The summed E-state index contributed by atoms with van der Waals surface area (Å²) < 4.78 is 12.5. The molecular formula is C27H24N4O4S2. The third kappa shape index (κ3) is 4.70. The summed E-state index contributed by atoms with van der Waals surface area (Å²) in [5.74, 6) is 0.717. The van der Waals surface area contributed by atoms with Crippen molar-refractivity contribution in [3.63, 3.8) is 0 Å². The lowest BCUT2D eigenvalue weighted by atomic mass is 10.1. The Bertz CT molecular complexity index is 1530. The molecule has 1 fully saturated rings. The molecule has 3 aromatic heterocycles. The number of hydrogen-bond acceptors (Lipinski definition) is 9. The number of benzene rings is 2. The minimum absolute atomic E-state index is 0.192. The van der Waals surface area contributed by atoms with Gasteiger partial charge in [0.15, 0.2) is 10.9 Å². The van der Waals surface area contributed by atoms with E-state index in [0.29, 0.717) is 30.3 Å². The Morgan fingerprint density at radius 2 is 1.84 bits per heavy atom. The fourth-order valence-electron chi connectivity index (χ4n) is 4.53. The van der Waals surface area contributed by atoms with Crippen LogP contribution in [0.1, 0.15) is 21.8 Å². The van der Waals surface area contributed by atoms with Gasteiger partial charge in [0.1, 0.15) is 17.6 Å². The fraction of sp³-hybridized carbons (Fsp3) is 0.222. The van der Waals surface area contributed by atoms with Gasteiger partial charge in [-0.3, -0.25) is 0 Å². The van der Waals surface area contributed by atoms with Gasteiger partial charge in [-0.2, -0.15) is 0 Å². The van der Waals surface area contributed by atoms with Crippen molar-refractivity contribution in [1.29, 1.82) is 0 Å². The molecule has 10 heteroatoms. The lowest BCUT2D eigenvalue weighted by molar-refractivity contribution is 0.0697. The highest BCUT2D eigenvalue weighted by Gasteiger charge is 2.29. The van der Waals surface area contributed by atoms with Gasteiger partial charge in [0.2, 0.25) is 0 Å². The van der Waals surface area contributed by atoms with Gasteiger partial charge < -0.3 is 23.8 Å². The Kier molecular flexibility index (Phi) is 6.35. The third-order valence-corrected chi connectivity index (χ3v) is 8.53. The standard InChI is InChI=1S/C27H24N4O4S2/c1-17-14-18(35-29-17)16-36-22-8-4-2-6-19(22)25-24(26(32)33)21(15-34-25)30-10-12-31(13-11-30)27-28-20-7-3-5-9-23(20)37-27/h2-9,14-15H,10-13,16H2,1H3,(H,32,33). The van der Waals surface area contributed by atoms with Crippen molar-refractivity contribution < 1.29 is 18.8 Å². The summed E-state index contributed by atoms with van der Waals surface area (Å²) in [7, 11) is 0. The molecule has 4 heterocycles. The number of rotatable bonds is 7. The van der Waals surface area contributed by atoms with Crippen LogP contribution in [0.5, 0.6) is 0 Å². The number of carboxylic acid groups (broad SMARTS) is 1. The topological polar surface area (TPSA) is 95.8 Å². The molecule has 1 saturated heterocycles. The molecule has 2 aromatic carbocycles. The summed E-state index contributed by atoms with van der Waals surface area (Å²) in [5.41, 5.74) is 3.39. The predicted octanol–water partition coefficient (Wildman–Crippen LogP) is 6.17. The van der Waals surface area contributed by atoms with Crippen molar-refractivity contribution in [2.45, 2.75) is 17.6 Å². The fourth-order valence-corrected chi connectivity index (χ4v) is 6.48. The lowest BCUT2D eigenvalue weighted by Crippen LogP contribution is -2.46. The van der Waals surface area contributed by atoms with Gasteiger partial charge in [-0.25, -0.2) is 9.78 Å². The predicted molar refractivity (Wildman–Crippen MR) is 146 cm³/mol. The monoisotopic (exact) mass is 532 g/mol. The molecule has 0 bridgehead atoms. The number of thioether (sulfide) groups is 1. The van der Waals surface area contributed by atoms with Crippen LogP contribution in [0, 0.1) is 6.92 Å². The Morgan fingerprint density at radius 3 is 2.59 bits per heavy atom. The van der Waals surface area contributed by atoms with Crippen molar-refractivity contribution in [2.24, 2.45) is 0 Å². The van der Waals surface area contributed by atoms with Crippen molar-refractivity contribution in [3.8, 4) is 11.3 Å². The normalized spacial score (nSPS) is 14.0. The number of aromatic carboxylic acids is 1. The Balaban J connectivity index is 1.23. The molecule has 0 radical (unpaired) electrons. The number of aryl methyl sites for hydroxylation is 1. The van der Waals surface area contributed by atoms with Crippen molar-refractivity contribution in [1.82, 2.24) is 10.1 Å². The molecule has 37 heavy (non-hydrogen) atoms. The second kappa shape index (κ2) is 9.95. The molecule has 6 rings (SSSR count). The first-order chi connectivity index (χ1) is 18.1. The molecule has 0 aliphatic carbocycles. The number of piperazine rings is 1. The molecule has 0 spiro atoms. The van der Waals surface area contributed by atoms with Gasteiger partial charge >= 0.3 is 5.97 Å². The summed E-state index contributed by atoms with van der Waals surface area (Å²) in [6.45, 7) is 4.74. The number of aromatic nitrogens is 2. The van der Waals surface area contributed by atoms with Gasteiger partial charge in [-0.05, 0) is 25.1 Å². The lowest BCUT2D eigenvalue weighted by Gasteiger charge is -2.35. The van der Waals surface area contributed by atoms with Crippen LogP contribution < -0.4 is 9.80 Å². The highest BCUT2D eigenvalue weighted by molar-refractivity contribution is 7.98. The van der Waals surface area contributed by atoms with E-state index < -0.39 is 5.97 Å². The van der Waals surface area contributed by atoms with E-state index in [9.17, 15) is 9.90 Å². The Morgan fingerprint density at radius 1 is 1.08 bits per heavy atom. The Labute approximate surface area is 221 Å². The highest BCUT2D eigenvalue weighted by atomic mass is 32.2. The van der Waals surface area contributed by atoms with Crippen LogP contribution in [0.4, 0.5) is 10.8 Å². The average molecular weight is 533 g/mol. The molecule has 0 unspecified atom stereocenters. The number of furan rings is 1. The number of fused-ring (bicyclic) bond motifs is 1. The van der Waals surface area contributed by atoms with Crippen molar-refractivity contribution >= 4 is 50.1 Å². The number of nitrogens with zero attached hydrogens (tertiary/aromatic N) is 4. The zero-order chi connectivity index (χ0) is 25.4. The van der Waals surface area contributed by atoms with E-state index in [1.807, 2.05) is 55.5 Å². The first-order valence-corrected chi connectivity index (χ1v) is 13.7. The van der Waals surface area contributed by atoms with E-state index >= 15 is 0 Å². The minimum Gasteiger partial charge on any atom is -0.477 e. The summed E-state index contributed by atoms with van der Waals surface area (Å²) in [5, 5.41) is 15.1. The average Bonchev–Trinajstić information content (AvgIpc) is 3.65. The largest absolute Gasteiger partial charge is 0.477 e. The first kappa shape index (κ1) is 23.6. The number of carbonyl (C=O) groups is 1. The van der Waals surface area contributed by atoms with E-state index in [2.05, 4.69) is 21.0 Å². The van der Waals surface area contributed by atoms with Crippen molar-refractivity contribution in [3.05, 3.63) is 77.9 Å². The quantitative estimate of drug-likeness (QED) is 0.247. The van der Waals surface area contributed by atoms with Crippen LogP contribution in [0.15, 0.2) is 74.7 Å². The van der Waals surface area contributed by atoms with Crippen LogP contribution in [0.3, 0.4) is 0 Å². The molecule has 0 atom stereocenters. The van der Waals surface area contributed by atoms with Gasteiger partial charge in [0, 0.05) is 42.7 Å². The van der Waals surface area contributed by atoms with E-state index in [4.69, 9.17) is 13.9 Å². The third-order valence-electron chi connectivity index (χ3n) is 6.34. The van der Waals surface area contributed by atoms with E-state index in [-0.39, 0.29) is 5.56 Å². The molecule has 0 saturated carbocycles. The molecule has 8 nitrogen and oxygen atoms in total. The molecule has 1 aliphatic rings.